The summed E-state index contributed by atoms with van der Waals surface area (Å²) in [5.74, 6) is 0.775. The number of nitrogens with zero attached hydrogens (tertiary/aromatic N) is 2. The van der Waals surface area contributed by atoms with Crippen molar-refractivity contribution in [2.75, 3.05) is 0 Å². The fourth-order valence-corrected chi connectivity index (χ4v) is 2.85. The standard InChI is InChI=1S/C21H17F2N3O/c1-13(20-25-19-10-17(23)11-24-21(19)26-20)15-4-8-18(9-5-15)27-12-14-2-6-16(22)7-3-14/h2-11,13H,12H2,1H3,(H,24,25,26). The second kappa shape index (κ2) is 7.15. The molecule has 2 heterocycles. The van der Waals surface area contributed by atoms with Crippen LogP contribution < -0.4 is 4.74 Å². The molecule has 136 valence electrons. The number of nitrogens with one attached hydrogen (secondary N) is 1. The molecule has 0 spiro atoms. The summed E-state index contributed by atoms with van der Waals surface area (Å²) in [4.78, 5) is 11.6. The molecule has 0 aliphatic heterocycles. The van der Waals surface area contributed by atoms with Gasteiger partial charge in [0.15, 0.2) is 5.65 Å². The third-order valence-electron chi connectivity index (χ3n) is 4.43. The van der Waals surface area contributed by atoms with E-state index in [0.717, 1.165) is 22.7 Å². The number of halogens is 2. The Kier molecular flexibility index (Phi) is 4.54. The first-order chi connectivity index (χ1) is 13.1. The van der Waals surface area contributed by atoms with E-state index in [9.17, 15) is 8.78 Å². The molecule has 0 saturated heterocycles. The number of imidazole rings is 1. The number of hydrogen-bond acceptors (Lipinski definition) is 3. The van der Waals surface area contributed by atoms with Crippen LogP contribution in [-0.2, 0) is 6.61 Å². The lowest BCUT2D eigenvalue weighted by Crippen LogP contribution is -1.99. The number of pyridine rings is 1. The normalized spacial score (nSPS) is 12.3. The molecule has 2 aromatic heterocycles. The summed E-state index contributed by atoms with van der Waals surface area (Å²) in [5, 5.41) is 0. The van der Waals surface area contributed by atoms with Gasteiger partial charge in [0, 0.05) is 12.0 Å². The van der Waals surface area contributed by atoms with Crippen LogP contribution in [0.1, 0.15) is 29.8 Å². The number of aromatic nitrogens is 3. The zero-order valence-electron chi connectivity index (χ0n) is 14.6. The van der Waals surface area contributed by atoms with E-state index in [1.54, 1.807) is 12.1 Å². The second-order valence-corrected chi connectivity index (χ2v) is 6.35. The van der Waals surface area contributed by atoms with Gasteiger partial charge in [-0.25, -0.2) is 18.7 Å². The Labute approximate surface area is 154 Å². The van der Waals surface area contributed by atoms with Crippen LogP contribution >= 0.6 is 0 Å². The molecule has 0 aliphatic carbocycles. The van der Waals surface area contributed by atoms with Crippen LogP contribution in [0, 0.1) is 11.6 Å². The lowest BCUT2D eigenvalue weighted by atomic mass is 10.0. The molecule has 4 aromatic rings. The fraction of sp³-hybridized carbons (Fsp3) is 0.143. The minimum atomic E-state index is -0.407. The Morgan fingerprint density at radius 1 is 1.00 bits per heavy atom. The Morgan fingerprint density at radius 2 is 1.74 bits per heavy atom. The van der Waals surface area contributed by atoms with E-state index in [2.05, 4.69) is 15.0 Å². The minimum Gasteiger partial charge on any atom is -0.489 e. The number of benzene rings is 2. The first-order valence-corrected chi connectivity index (χ1v) is 8.57. The van der Waals surface area contributed by atoms with Crippen LogP contribution in [0.4, 0.5) is 8.78 Å². The quantitative estimate of drug-likeness (QED) is 0.543. The number of rotatable bonds is 5. The largest absolute Gasteiger partial charge is 0.489 e. The highest BCUT2D eigenvalue weighted by atomic mass is 19.1. The SMILES string of the molecule is CC(c1ccc(OCc2ccc(F)cc2)cc1)c1nc2cc(F)cnc2[nH]1. The monoisotopic (exact) mass is 365 g/mol. The highest BCUT2D eigenvalue weighted by molar-refractivity contribution is 5.70. The van der Waals surface area contributed by atoms with Gasteiger partial charge < -0.3 is 9.72 Å². The summed E-state index contributed by atoms with van der Waals surface area (Å²) in [7, 11) is 0. The van der Waals surface area contributed by atoms with E-state index in [1.165, 1.54) is 24.4 Å². The number of fused-ring (bicyclic) bond motifs is 1. The average Bonchev–Trinajstić information content (AvgIpc) is 3.10. The molecule has 0 fully saturated rings. The van der Waals surface area contributed by atoms with Crippen LogP contribution in [-0.4, -0.2) is 15.0 Å². The van der Waals surface area contributed by atoms with Crippen molar-refractivity contribution >= 4 is 11.2 Å². The third-order valence-corrected chi connectivity index (χ3v) is 4.43. The second-order valence-electron chi connectivity index (χ2n) is 6.35. The summed E-state index contributed by atoms with van der Waals surface area (Å²) >= 11 is 0. The number of ether oxygens (including phenoxy) is 1. The Bertz CT molecular complexity index is 1060. The molecule has 0 amide bonds. The van der Waals surface area contributed by atoms with Crippen molar-refractivity contribution in [3.05, 3.63) is 89.4 Å². The van der Waals surface area contributed by atoms with E-state index in [1.807, 2.05) is 31.2 Å². The van der Waals surface area contributed by atoms with Gasteiger partial charge in [0.05, 0.1) is 6.20 Å². The molecule has 4 nitrogen and oxygen atoms in total. The van der Waals surface area contributed by atoms with Gasteiger partial charge in [-0.1, -0.05) is 31.2 Å². The van der Waals surface area contributed by atoms with E-state index in [-0.39, 0.29) is 11.7 Å². The molecular formula is C21H17F2N3O. The number of H-pyrrole nitrogens is 1. The van der Waals surface area contributed by atoms with Crippen LogP contribution in [0.5, 0.6) is 5.75 Å². The molecule has 2 aromatic carbocycles. The fourth-order valence-electron chi connectivity index (χ4n) is 2.85. The third kappa shape index (κ3) is 3.79. The van der Waals surface area contributed by atoms with Gasteiger partial charge in [-0.05, 0) is 35.4 Å². The molecule has 1 atom stereocenters. The predicted octanol–water partition coefficient (Wildman–Crippen LogP) is 4.97. The Morgan fingerprint density at radius 3 is 2.48 bits per heavy atom. The molecule has 1 N–H and O–H groups in total. The van der Waals surface area contributed by atoms with Gasteiger partial charge in [0.1, 0.15) is 35.3 Å². The summed E-state index contributed by atoms with van der Waals surface area (Å²) in [6, 6.07) is 15.3. The van der Waals surface area contributed by atoms with Crippen molar-refractivity contribution in [1.29, 1.82) is 0 Å². The van der Waals surface area contributed by atoms with Crippen LogP contribution in [0.3, 0.4) is 0 Å². The maximum Gasteiger partial charge on any atom is 0.157 e. The smallest absolute Gasteiger partial charge is 0.157 e. The molecule has 27 heavy (non-hydrogen) atoms. The van der Waals surface area contributed by atoms with E-state index in [4.69, 9.17) is 4.74 Å². The van der Waals surface area contributed by atoms with Crippen molar-refractivity contribution in [1.82, 2.24) is 15.0 Å². The van der Waals surface area contributed by atoms with Gasteiger partial charge in [-0.2, -0.15) is 0 Å². The molecule has 1 unspecified atom stereocenters. The van der Waals surface area contributed by atoms with Crippen LogP contribution in [0.15, 0.2) is 60.8 Å². The summed E-state index contributed by atoms with van der Waals surface area (Å²) in [6.45, 7) is 2.39. The van der Waals surface area contributed by atoms with Gasteiger partial charge in [-0.3, -0.25) is 0 Å². The molecule has 0 bridgehead atoms. The molecule has 6 heteroatoms. The maximum atomic E-state index is 13.3. The van der Waals surface area contributed by atoms with Gasteiger partial charge in [0.25, 0.3) is 0 Å². The first-order valence-electron chi connectivity index (χ1n) is 8.57. The zero-order valence-corrected chi connectivity index (χ0v) is 14.6. The maximum absolute atomic E-state index is 13.3. The summed E-state index contributed by atoms with van der Waals surface area (Å²) in [5.41, 5.74) is 3.02. The van der Waals surface area contributed by atoms with E-state index < -0.39 is 5.82 Å². The Hall–Kier alpha value is -3.28. The van der Waals surface area contributed by atoms with E-state index >= 15 is 0 Å². The minimum absolute atomic E-state index is 0.00610. The molecule has 0 aliphatic rings. The molecular weight excluding hydrogens is 348 g/mol. The topological polar surface area (TPSA) is 50.8 Å². The van der Waals surface area contributed by atoms with Crippen molar-refractivity contribution in [3.8, 4) is 5.75 Å². The summed E-state index contributed by atoms with van der Waals surface area (Å²) in [6.07, 6.45) is 1.17. The van der Waals surface area contributed by atoms with Crippen LogP contribution in [0.2, 0.25) is 0 Å². The Balaban J connectivity index is 1.46. The van der Waals surface area contributed by atoms with Crippen molar-refractivity contribution < 1.29 is 13.5 Å². The van der Waals surface area contributed by atoms with Gasteiger partial charge in [0.2, 0.25) is 0 Å². The predicted molar refractivity (Wildman–Crippen MR) is 98.5 cm³/mol. The van der Waals surface area contributed by atoms with Crippen molar-refractivity contribution in [3.63, 3.8) is 0 Å². The van der Waals surface area contributed by atoms with E-state index in [0.29, 0.717) is 17.8 Å². The highest BCUT2D eigenvalue weighted by Crippen LogP contribution is 2.26. The number of aromatic amines is 1. The molecule has 0 radical (unpaired) electrons. The van der Waals surface area contributed by atoms with Crippen molar-refractivity contribution in [2.45, 2.75) is 19.4 Å². The average molecular weight is 365 g/mol. The summed E-state index contributed by atoms with van der Waals surface area (Å²) < 4.78 is 31.9. The van der Waals surface area contributed by atoms with Crippen LogP contribution in [0.25, 0.3) is 11.2 Å². The lowest BCUT2D eigenvalue weighted by Gasteiger charge is -2.11. The zero-order chi connectivity index (χ0) is 18.8. The van der Waals surface area contributed by atoms with Gasteiger partial charge in [-0.15, -0.1) is 0 Å². The molecule has 0 saturated carbocycles. The molecule has 4 rings (SSSR count). The number of hydrogen-bond donors (Lipinski definition) is 1. The lowest BCUT2D eigenvalue weighted by molar-refractivity contribution is 0.306. The highest BCUT2D eigenvalue weighted by Gasteiger charge is 2.14. The van der Waals surface area contributed by atoms with Gasteiger partial charge >= 0.3 is 0 Å². The first kappa shape index (κ1) is 17.1. The van der Waals surface area contributed by atoms with Crippen molar-refractivity contribution in [2.24, 2.45) is 0 Å².